The summed E-state index contributed by atoms with van der Waals surface area (Å²) < 4.78 is 10.0. The van der Waals surface area contributed by atoms with Crippen LogP contribution in [0.2, 0.25) is 0 Å². The van der Waals surface area contributed by atoms with E-state index in [4.69, 9.17) is 9.47 Å². The molecule has 2 aliphatic rings. The second kappa shape index (κ2) is 6.15. The first-order valence-electron chi connectivity index (χ1n) is 6.50. The summed E-state index contributed by atoms with van der Waals surface area (Å²) >= 11 is 0. The highest BCUT2D eigenvalue weighted by Crippen LogP contribution is 2.17. The zero-order valence-electron chi connectivity index (χ0n) is 10.8. The smallest absolute Gasteiger partial charge is 0.397 e. The number of nitrogens with zero attached hydrogens (tertiary/aromatic N) is 2. The van der Waals surface area contributed by atoms with E-state index in [-0.39, 0.29) is 6.61 Å². The molecule has 102 valence electrons. The Morgan fingerprint density at radius 2 is 2.00 bits per heavy atom. The van der Waals surface area contributed by atoms with E-state index in [9.17, 15) is 9.59 Å². The van der Waals surface area contributed by atoms with Crippen molar-refractivity contribution >= 4 is 11.9 Å². The number of ether oxygens (including phenoxy) is 2. The largest absolute Gasteiger partial charge is 0.459 e. The van der Waals surface area contributed by atoms with Gasteiger partial charge in [-0.05, 0) is 13.3 Å². The zero-order chi connectivity index (χ0) is 13.0. The molecule has 6 heteroatoms. The quantitative estimate of drug-likeness (QED) is 0.491. The Kier molecular flexibility index (Phi) is 4.54. The van der Waals surface area contributed by atoms with E-state index < -0.39 is 11.9 Å². The van der Waals surface area contributed by atoms with Gasteiger partial charge in [-0.1, -0.05) is 0 Å². The molecule has 2 heterocycles. The summed E-state index contributed by atoms with van der Waals surface area (Å²) in [4.78, 5) is 27.1. The highest BCUT2D eigenvalue weighted by Gasteiger charge is 2.34. The average Bonchev–Trinajstić information content (AvgIpc) is 2.89. The van der Waals surface area contributed by atoms with E-state index in [2.05, 4.69) is 4.90 Å². The maximum atomic E-state index is 11.8. The fourth-order valence-electron chi connectivity index (χ4n) is 2.49. The standard InChI is InChI=1S/C12H20N2O4/c1-2-18-12(16)11(15)14-4-3-10(9-14)13-5-7-17-8-6-13/h10H,2-9H2,1H3. The van der Waals surface area contributed by atoms with E-state index >= 15 is 0 Å². The SMILES string of the molecule is CCOC(=O)C(=O)N1CCC(N2CCOCC2)C1. The summed E-state index contributed by atoms with van der Waals surface area (Å²) in [5.41, 5.74) is 0. The van der Waals surface area contributed by atoms with Crippen molar-refractivity contribution in [2.45, 2.75) is 19.4 Å². The normalized spacial score (nSPS) is 25.2. The first-order chi connectivity index (χ1) is 8.72. The van der Waals surface area contributed by atoms with Crippen LogP contribution in [0, 0.1) is 0 Å². The predicted octanol–water partition coefficient (Wildman–Crippen LogP) is -0.517. The van der Waals surface area contributed by atoms with Crippen LogP contribution in [0.5, 0.6) is 0 Å². The number of hydrogen-bond donors (Lipinski definition) is 0. The molecule has 2 rings (SSSR count). The highest BCUT2D eigenvalue weighted by atomic mass is 16.5. The molecule has 1 amide bonds. The minimum absolute atomic E-state index is 0.241. The van der Waals surface area contributed by atoms with Crippen LogP contribution < -0.4 is 0 Å². The van der Waals surface area contributed by atoms with Gasteiger partial charge in [0.25, 0.3) is 0 Å². The third-order valence-corrected chi connectivity index (χ3v) is 3.46. The molecular formula is C12H20N2O4. The summed E-state index contributed by atoms with van der Waals surface area (Å²) in [6.07, 6.45) is 0.922. The Morgan fingerprint density at radius 3 is 2.67 bits per heavy atom. The van der Waals surface area contributed by atoms with E-state index in [0.717, 1.165) is 32.7 Å². The molecule has 0 radical (unpaired) electrons. The monoisotopic (exact) mass is 256 g/mol. The lowest BCUT2D eigenvalue weighted by Gasteiger charge is -2.31. The molecule has 0 aliphatic carbocycles. The maximum absolute atomic E-state index is 11.8. The average molecular weight is 256 g/mol. The van der Waals surface area contributed by atoms with Crippen LogP contribution in [0.15, 0.2) is 0 Å². The van der Waals surface area contributed by atoms with Crippen molar-refractivity contribution in [2.75, 3.05) is 46.0 Å². The third kappa shape index (κ3) is 3.00. The van der Waals surface area contributed by atoms with Gasteiger partial charge in [0.05, 0.1) is 19.8 Å². The molecular weight excluding hydrogens is 236 g/mol. The highest BCUT2D eigenvalue weighted by molar-refractivity contribution is 6.32. The lowest BCUT2D eigenvalue weighted by atomic mass is 10.2. The van der Waals surface area contributed by atoms with Crippen LogP contribution >= 0.6 is 0 Å². The molecule has 0 N–H and O–H groups in total. The summed E-state index contributed by atoms with van der Waals surface area (Å²) in [5.74, 6) is -1.24. The zero-order valence-corrected chi connectivity index (χ0v) is 10.8. The Balaban J connectivity index is 1.83. The number of hydrogen-bond acceptors (Lipinski definition) is 5. The Hall–Kier alpha value is -1.14. The number of morpholine rings is 1. The molecule has 0 aromatic carbocycles. The van der Waals surface area contributed by atoms with Gasteiger partial charge < -0.3 is 14.4 Å². The molecule has 2 saturated heterocycles. The topological polar surface area (TPSA) is 59.1 Å². The van der Waals surface area contributed by atoms with E-state index in [1.54, 1.807) is 11.8 Å². The van der Waals surface area contributed by atoms with Gasteiger partial charge in [0.1, 0.15) is 0 Å². The van der Waals surface area contributed by atoms with Crippen molar-refractivity contribution in [3.63, 3.8) is 0 Å². The number of amides is 1. The number of rotatable bonds is 2. The van der Waals surface area contributed by atoms with Crippen molar-refractivity contribution in [3.8, 4) is 0 Å². The summed E-state index contributed by atoms with van der Waals surface area (Å²) in [6.45, 7) is 6.52. The van der Waals surface area contributed by atoms with Crippen molar-refractivity contribution < 1.29 is 19.1 Å². The first-order valence-corrected chi connectivity index (χ1v) is 6.50. The Morgan fingerprint density at radius 1 is 1.28 bits per heavy atom. The first kappa shape index (κ1) is 13.3. The molecule has 0 bridgehead atoms. The fourth-order valence-corrected chi connectivity index (χ4v) is 2.49. The van der Waals surface area contributed by atoms with Gasteiger partial charge in [-0.2, -0.15) is 0 Å². The number of carbonyl (C=O) groups excluding carboxylic acids is 2. The maximum Gasteiger partial charge on any atom is 0.397 e. The van der Waals surface area contributed by atoms with Crippen molar-refractivity contribution in [1.82, 2.24) is 9.80 Å². The summed E-state index contributed by atoms with van der Waals surface area (Å²) in [7, 11) is 0. The van der Waals surface area contributed by atoms with Crippen molar-refractivity contribution in [1.29, 1.82) is 0 Å². The van der Waals surface area contributed by atoms with E-state index in [1.807, 2.05) is 0 Å². The van der Waals surface area contributed by atoms with E-state index in [1.165, 1.54) is 0 Å². The fraction of sp³-hybridized carbons (Fsp3) is 0.833. The number of esters is 1. The molecule has 0 saturated carbocycles. The van der Waals surface area contributed by atoms with Crippen LogP contribution in [-0.4, -0.2) is 73.7 Å². The van der Waals surface area contributed by atoms with Crippen molar-refractivity contribution in [3.05, 3.63) is 0 Å². The van der Waals surface area contributed by atoms with Gasteiger partial charge in [-0.15, -0.1) is 0 Å². The lowest BCUT2D eigenvalue weighted by Crippen LogP contribution is -2.45. The number of carbonyl (C=O) groups is 2. The Bertz CT molecular complexity index is 315. The number of likely N-dealkylation sites (tertiary alicyclic amines) is 1. The van der Waals surface area contributed by atoms with Crippen LogP contribution in [0.25, 0.3) is 0 Å². The summed E-state index contributed by atoms with van der Waals surface area (Å²) in [5, 5.41) is 0. The minimum atomic E-state index is -0.736. The van der Waals surface area contributed by atoms with Crippen LogP contribution in [0.4, 0.5) is 0 Å². The predicted molar refractivity (Wildman–Crippen MR) is 64.0 cm³/mol. The second-order valence-corrected chi connectivity index (χ2v) is 4.56. The van der Waals surface area contributed by atoms with Gasteiger partial charge in [0, 0.05) is 32.2 Å². The molecule has 2 aliphatic heterocycles. The minimum Gasteiger partial charge on any atom is -0.459 e. The second-order valence-electron chi connectivity index (χ2n) is 4.56. The van der Waals surface area contributed by atoms with Gasteiger partial charge in [0.2, 0.25) is 0 Å². The lowest BCUT2D eigenvalue weighted by molar-refractivity contribution is -0.159. The van der Waals surface area contributed by atoms with Crippen LogP contribution in [-0.2, 0) is 19.1 Å². The van der Waals surface area contributed by atoms with Gasteiger partial charge in [-0.3, -0.25) is 9.69 Å². The van der Waals surface area contributed by atoms with Crippen LogP contribution in [0.1, 0.15) is 13.3 Å². The molecule has 1 unspecified atom stereocenters. The van der Waals surface area contributed by atoms with Gasteiger partial charge in [-0.25, -0.2) is 4.79 Å². The van der Waals surface area contributed by atoms with Gasteiger partial charge in [0.15, 0.2) is 0 Å². The molecule has 0 aromatic heterocycles. The summed E-state index contributed by atoms with van der Waals surface area (Å²) in [6, 6.07) is 0.354. The molecule has 2 fully saturated rings. The molecule has 0 aromatic rings. The third-order valence-electron chi connectivity index (χ3n) is 3.46. The van der Waals surface area contributed by atoms with Crippen LogP contribution in [0.3, 0.4) is 0 Å². The van der Waals surface area contributed by atoms with Crippen molar-refractivity contribution in [2.24, 2.45) is 0 Å². The molecule has 1 atom stereocenters. The molecule has 6 nitrogen and oxygen atoms in total. The van der Waals surface area contributed by atoms with Gasteiger partial charge >= 0.3 is 11.9 Å². The van der Waals surface area contributed by atoms with E-state index in [0.29, 0.717) is 19.1 Å². The molecule has 0 spiro atoms. The molecule has 18 heavy (non-hydrogen) atoms. The Labute approximate surface area is 107 Å².